The highest BCUT2D eigenvalue weighted by Crippen LogP contribution is 2.46. The first-order chi connectivity index (χ1) is 9.73. The number of benzene rings is 1. The fourth-order valence-electron chi connectivity index (χ4n) is 3.20. The van der Waals surface area contributed by atoms with Gasteiger partial charge in [-0.1, -0.05) is 19.4 Å². The zero-order valence-corrected chi connectivity index (χ0v) is 12.5. The van der Waals surface area contributed by atoms with Crippen LogP contribution in [0, 0.1) is 16.7 Å². The summed E-state index contributed by atoms with van der Waals surface area (Å²) in [5.74, 6) is 1.27. The first kappa shape index (κ1) is 13.5. The molecular formula is C16H18ClN3. The first-order valence-corrected chi connectivity index (χ1v) is 7.70. The van der Waals surface area contributed by atoms with Gasteiger partial charge in [0.15, 0.2) is 0 Å². The molecule has 1 saturated carbocycles. The van der Waals surface area contributed by atoms with Gasteiger partial charge in [0.05, 0.1) is 17.0 Å². The molecule has 1 aromatic heterocycles. The zero-order valence-electron chi connectivity index (χ0n) is 11.7. The molecule has 0 N–H and O–H groups in total. The predicted molar refractivity (Wildman–Crippen MR) is 80.6 cm³/mol. The number of imidazole rings is 1. The number of alkyl halides is 1. The average Bonchev–Trinajstić information content (AvgIpc) is 2.80. The van der Waals surface area contributed by atoms with E-state index in [-0.39, 0.29) is 0 Å². The van der Waals surface area contributed by atoms with E-state index in [1.807, 2.05) is 18.2 Å². The summed E-state index contributed by atoms with van der Waals surface area (Å²) < 4.78 is 2.23. The summed E-state index contributed by atoms with van der Waals surface area (Å²) in [4.78, 5) is 4.59. The molecule has 0 saturated heterocycles. The highest BCUT2D eigenvalue weighted by Gasteiger charge is 2.36. The second-order valence-corrected chi connectivity index (χ2v) is 6.01. The van der Waals surface area contributed by atoms with Crippen molar-refractivity contribution in [3.05, 3.63) is 29.6 Å². The van der Waals surface area contributed by atoms with Crippen molar-refractivity contribution in [2.45, 2.75) is 45.0 Å². The van der Waals surface area contributed by atoms with Crippen LogP contribution in [0.25, 0.3) is 11.0 Å². The Morgan fingerprint density at radius 2 is 2.25 bits per heavy atom. The van der Waals surface area contributed by atoms with Crippen LogP contribution in [0.2, 0.25) is 0 Å². The Bertz CT molecular complexity index is 671. The van der Waals surface area contributed by atoms with Crippen molar-refractivity contribution in [1.82, 2.24) is 9.55 Å². The van der Waals surface area contributed by atoms with E-state index in [0.717, 1.165) is 23.4 Å². The van der Waals surface area contributed by atoms with Crippen molar-refractivity contribution >= 4 is 22.6 Å². The van der Waals surface area contributed by atoms with Gasteiger partial charge < -0.3 is 4.57 Å². The smallest absolute Gasteiger partial charge is 0.124 e. The minimum Gasteiger partial charge on any atom is -0.326 e. The maximum Gasteiger partial charge on any atom is 0.124 e. The average molecular weight is 288 g/mol. The van der Waals surface area contributed by atoms with E-state index in [1.165, 1.54) is 25.7 Å². The Hall–Kier alpha value is -1.53. The molecule has 3 rings (SSSR count). The summed E-state index contributed by atoms with van der Waals surface area (Å²) in [6.07, 6.45) is 5.07. The maximum atomic E-state index is 9.21. The van der Waals surface area contributed by atoms with Gasteiger partial charge in [-0.3, -0.25) is 0 Å². The van der Waals surface area contributed by atoms with Gasteiger partial charge in [-0.05, 0) is 36.8 Å². The van der Waals surface area contributed by atoms with Crippen LogP contribution < -0.4 is 0 Å². The summed E-state index contributed by atoms with van der Waals surface area (Å²) in [5.41, 5.74) is 2.86. The van der Waals surface area contributed by atoms with Gasteiger partial charge in [-0.25, -0.2) is 4.98 Å². The van der Waals surface area contributed by atoms with Crippen molar-refractivity contribution in [2.75, 3.05) is 0 Å². The minimum absolute atomic E-state index is 0.388. The van der Waals surface area contributed by atoms with Gasteiger partial charge in [0.1, 0.15) is 17.4 Å². The molecule has 20 heavy (non-hydrogen) atoms. The zero-order chi connectivity index (χ0) is 14.2. The van der Waals surface area contributed by atoms with Gasteiger partial charge in [0.2, 0.25) is 0 Å². The number of rotatable bonds is 4. The van der Waals surface area contributed by atoms with Crippen LogP contribution in [0.15, 0.2) is 18.2 Å². The normalized spacial score (nSPS) is 16.9. The molecule has 2 aromatic rings. The van der Waals surface area contributed by atoms with Crippen molar-refractivity contribution < 1.29 is 0 Å². The molecule has 0 unspecified atom stereocenters. The molecule has 1 aliphatic rings. The summed E-state index contributed by atoms with van der Waals surface area (Å²) in [6, 6.07) is 8.01. The number of nitriles is 1. The number of hydrogen-bond acceptors (Lipinski definition) is 2. The molecule has 0 aliphatic heterocycles. The number of para-hydroxylation sites is 1. The van der Waals surface area contributed by atoms with Crippen molar-refractivity contribution in [2.24, 2.45) is 5.41 Å². The molecular weight excluding hydrogens is 270 g/mol. The Labute approximate surface area is 124 Å². The Kier molecular flexibility index (Phi) is 3.43. The van der Waals surface area contributed by atoms with Crippen molar-refractivity contribution in [3.8, 4) is 6.07 Å². The second kappa shape index (κ2) is 5.10. The highest BCUT2D eigenvalue weighted by atomic mass is 35.5. The lowest BCUT2D eigenvalue weighted by Crippen LogP contribution is -2.33. The molecule has 0 bridgehead atoms. The molecule has 104 valence electrons. The van der Waals surface area contributed by atoms with Gasteiger partial charge in [0.25, 0.3) is 0 Å². The second-order valence-electron chi connectivity index (χ2n) is 5.74. The summed E-state index contributed by atoms with van der Waals surface area (Å²) >= 11 is 6.07. The van der Waals surface area contributed by atoms with Gasteiger partial charge in [-0.15, -0.1) is 11.6 Å². The van der Waals surface area contributed by atoms with Gasteiger partial charge in [0, 0.05) is 6.54 Å². The summed E-state index contributed by atoms with van der Waals surface area (Å²) in [6.45, 7) is 3.23. The number of hydrogen-bond donors (Lipinski definition) is 0. The molecule has 1 aromatic carbocycles. The Morgan fingerprint density at radius 1 is 1.45 bits per heavy atom. The lowest BCUT2D eigenvalue weighted by Gasteiger charge is -2.42. The van der Waals surface area contributed by atoms with Crippen LogP contribution >= 0.6 is 11.6 Å². The van der Waals surface area contributed by atoms with E-state index < -0.39 is 0 Å². The monoisotopic (exact) mass is 287 g/mol. The SMILES string of the molecule is CCC1(Cn2c(CCl)nc3c(C#N)cccc32)CCC1. The molecule has 0 amide bonds. The number of fused-ring (bicyclic) bond motifs is 1. The van der Waals surface area contributed by atoms with E-state index in [9.17, 15) is 5.26 Å². The number of aromatic nitrogens is 2. The molecule has 0 atom stereocenters. The Balaban J connectivity index is 2.12. The van der Waals surface area contributed by atoms with Gasteiger partial charge in [-0.2, -0.15) is 5.26 Å². The Morgan fingerprint density at radius 3 is 2.80 bits per heavy atom. The van der Waals surface area contributed by atoms with Crippen LogP contribution in [-0.2, 0) is 12.4 Å². The van der Waals surface area contributed by atoms with E-state index in [4.69, 9.17) is 11.6 Å². The lowest BCUT2D eigenvalue weighted by atomic mass is 9.67. The van der Waals surface area contributed by atoms with Crippen LogP contribution in [0.3, 0.4) is 0 Å². The highest BCUT2D eigenvalue weighted by molar-refractivity contribution is 6.16. The molecule has 0 radical (unpaired) electrons. The van der Waals surface area contributed by atoms with Crippen LogP contribution in [-0.4, -0.2) is 9.55 Å². The molecule has 1 aliphatic carbocycles. The predicted octanol–water partition coefficient (Wildman–Crippen LogP) is 4.23. The van der Waals surface area contributed by atoms with Crippen LogP contribution in [0.5, 0.6) is 0 Å². The van der Waals surface area contributed by atoms with E-state index in [0.29, 0.717) is 16.9 Å². The minimum atomic E-state index is 0.388. The van der Waals surface area contributed by atoms with Crippen molar-refractivity contribution in [3.63, 3.8) is 0 Å². The van der Waals surface area contributed by atoms with Crippen molar-refractivity contribution in [1.29, 1.82) is 5.26 Å². The van der Waals surface area contributed by atoms with E-state index >= 15 is 0 Å². The molecule has 4 heteroatoms. The van der Waals surface area contributed by atoms with E-state index in [1.54, 1.807) is 0 Å². The van der Waals surface area contributed by atoms with E-state index in [2.05, 4.69) is 22.5 Å². The first-order valence-electron chi connectivity index (χ1n) is 7.17. The summed E-state index contributed by atoms with van der Waals surface area (Å²) in [5, 5.41) is 9.21. The largest absolute Gasteiger partial charge is 0.326 e. The van der Waals surface area contributed by atoms with Crippen LogP contribution in [0.1, 0.15) is 44.0 Å². The maximum absolute atomic E-state index is 9.21. The molecule has 1 heterocycles. The van der Waals surface area contributed by atoms with Crippen LogP contribution in [0.4, 0.5) is 0 Å². The third-order valence-electron chi connectivity index (χ3n) is 4.76. The quantitative estimate of drug-likeness (QED) is 0.790. The fraction of sp³-hybridized carbons (Fsp3) is 0.500. The fourth-order valence-corrected chi connectivity index (χ4v) is 3.40. The lowest BCUT2D eigenvalue weighted by molar-refractivity contribution is 0.101. The number of halogens is 1. The molecule has 3 nitrogen and oxygen atoms in total. The topological polar surface area (TPSA) is 41.6 Å². The standard InChI is InChI=1S/C16H18ClN3/c1-2-16(7-4-8-16)11-20-13-6-3-5-12(10-18)15(13)19-14(20)9-17/h3,5-6H,2,4,7-9,11H2,1H3. The number of nitrogens with zero attached hydrogens (tertiary/aromatic N) is 3. The third-order valence-corrected chi connectivity index (χ3v) is 4.99. The van der Waals surface area contributed by atoms with Gasteiger partial charge >= 0.3 is 0 Å². The summed E-state index contributed by atoms with van der Waals surface area (Å²) in [7, 11) is 0. The molecule has 1 fully saturated rings. The molecule has 0 spiro atoms. The third kappa shape index (κ3) is 1.99.